The summed E-state index contributed by atoms with van der Waals surface area (Å²) in [6.07, 6.45) is 0.208. The van der Waals surface area contributed by atoms with E-state index in [0.29, 0.717) is 10.7 Å². The van der Waals surface area contributed by atoms with Crippen LogP contribution in [-0.4, -0.2) is 20.4 Å². The van der Waals surface area contributed by atoms with Gasteiger partial charge in [0.15, 0.2) is 0 Å². The molecule has 144 valence electrons. The van der Waals surface area contributed by atoms with Gasteiger partial charge in [0.2, 0.25) is 15.9 Å². The normalized spacial score (nSPS) is 12.3. The van der Waals surface area contributed by atoms with Crippen LogP contribution in [-0.2, 0) is 21.2 Å². The van der Waals surface area contributed by atoms with Crippen molar-refractivity contribution in [3.63, 3.8) is 0 Å². The van der Waals surface area contributed by atoms with Gasteiger partial charge in [0.25, 0.3) is 0 Å². The largest absolute Gasteiger partial charge is 0.325 e. The summed E-state index contributed by atoms with van der Waals surface area (Å²) in [4.78, 5) is 13.0. The molecule has 0 aliphatic rings. The van der Waals surface area contributed by atoms with Crippen molar-refractivity contribution in [1.29, 1.82) is 0 Å². The topological polar surface area (TPSA) is 75.3 Å². The van der Waals surface area contributed by atoms with Crippen LogP contribution in [0.25, 0.3) is 0 Å². The SMILES string of the molecule is O=C(Nc1cccc(Cl)c1)[C@@H](Cc1ccccc1)NS(=O)(=O)c1ccccc1. The third-order valence-electron chi connectivity index (χ3n) is 4.04. The number of amides is 1. The number of hydrogen-bond donors (Lipinski definition) is 2. The summed E-state index contributed by atoms with van der Waals surface area (Å²) < 4.78 is 28.0. The maximum atomic E-state index is 12.9. The highest BCUT2D eigenvalue weighted by Crippen LogP contribution is 2.16. The third-order valence-corrected chi connectivity index (χ3v) is 5.76. The van der Waals surface area contributed by atoms with E-state index in [0.717, 1.165) is 5.56 Å². The molecule has 0 aromatic heterocycles. The summed E-state index contributed by atoms with van der Waals surface area (Å²) in [5, 5.41) is 3.20. The van der Waals surface area contributed by atoms with Crippen LogP contribution >= 0.6 is 11.6 Å². The van der Waals surface area contributed by atoms with E-state index in [1.807, 2.05) is 30.3 Å². The molecule has 3 aromatic rings. The van der Waals surface area contributed by atoms with Gasteiger partial charge in [0, 0.05) is 10.7 Å². The first-order chi connectivity index (χ1) is 13.4. The van der Waals surface area contributed by atoms with Crippen LogP contribution < -0.4 is 10.0 Å². The number of carbonyl (C=O) groups is 1. The van der Waals surface area contributed by atoms with Crippen LogP contribution in [0.1, 0.15) is 5.56 Å². The Hall–Kier alpha value is -2.67. The quantitative estimate of drug-likeness (QED) is 0.616. The molecule has 1 atom stereocenters. The molecular weight excluding hydrogens is 396 g/mol. The minimum absolute atomic E-state index is 0.101. The molecule has 0 radical (unpaired) electrons. The first kappa shape index (κ1) is 20.1. The average molecular weight is 415 g/mol. The predicted molar refractivity (Wildman–Crippen MR) is 111 cm³/mol. The summed E-state index contributed by atoms with van der Waals surface area (Å²) in [5.41, 5.74) is 1.33. The van der Waals surface area contributed by atoms with Crippen molar-refractivity contribution >= 4 is 33.2 Å². The van der Waals surface area contributed by atoms with Gasteiger partial charge in [0.1, 0.15) is 6.04 Å². The Balaban J connectivity index is 1.85. The lowest BCUT2D eigenvalue weighted by atomic mass is 10.1. The summed E-state index contributed by atoms with van der Waals surface area (Å²) >= 11 is 5.96. The minimum Gasteiger partial charge on any atom is -0.325 e. The summed E-state index contributed by atoms with van der Waals surface area (Å²) in [6.45, 7) is 0. The first-order valence-corrected chi connectivity index (χ1v) is 10.5. The molecule has 0 spiro atoms. The fourth-order valence-corrected chi connectivity index (χ4v) is 4.10. The number of rotatable bonds is 7. The lowest BCUT2D eigenvalue weighted by Crippen LogP contribution is -2.45. The number of sulfonamides is 1. The van der Waals surface area contributed by atoms with Crippen molar-refractivity contribution in [3.8, 4) is 0 Å². The van der Waals surface area contributed by atoms with Crippen LogP contribution in [0.15, 0.2) is 89.8 Å². The van der Waals surface area contributed by atoms with Gasteiger partial charge in [-0.25, -0.2) is 8.42 Å². The number of carbonyl (C=O) groups excluding carboxylic acids is 1. The van der Waals surface area contributed by atoms with Crippen LogP contribution in [0.5, 0.6) is 0 Å². The van der Waals surface area contributed by atoms with Crippen molar-refractivity contribution < 1.29 is 13.2 Å². The van der Waals surface area contributed by atoms with E-state index < -0.39 is 22.0 Å². The zero-order valence-corrected chi connectivity index (χ0v) is 16.5. The summed E-state index contributed by atoms with van der Waals surface area (Å²) in [7, 11) is -3.86. The average Bonchev–Trinajstić information content (AvgIpc) is 2.69. The highest BCUT2D eigenvalue weighted by atomic mass is 35.5. The third kappa shape index (κ3) is 5.42. The molecule has 1 amide bonds. The first-order valence-electron chi connectivity index (χ1n) is 8.62. The highest BCUT2D eigenvalue weighted by molar-refractivity contribution is 7.89. The van der Waals surface area contributed by atoms with Crippen molar-refractivity contribution in [3.05, 3.63) is 95.5 Å². The second kappa shape index (κ2) is 9.01. The monoisotopic (exact) mass is 414 g/mol. The Morgan fingerprint density at radius 3 is 2.18 bits per heavy atom. The molecule has 0 aliphatic carbocycles. The minimum atomic E-state index is -3.86. The van der Waals surface area contributed by atoms with E-state index in [-0.39, 0.29) is 11.3 Å². The second-order valence-electron chi connectivity index (χ2n) is 6.18. The van der Waals surface area contributed by atoms with Gasteiger partial charge in [-0.2, -0.15) is 4.72 Å². The Bertz CT molecular complexity index is 1040. The molecule has 3 aromatic carbocycles. The maximum Gasteiger partial charge on any atom is 0.242 e. The number of nitrogens with one attached hydrogen (secondary N) is 2. The zero-order chi connectivity index (χ0) is 20.0. The number of hydrogen-bond acceptors (Lipinski definition) is 3. The molecule has 0 bridgehead atoms. The van der Waals surface area contributed by atoms with E-state index in [9.17, 15) is 13.2 Å². The van der Waals surface area contributed by atoms with Crippen LogP contribution in [0.4, 0.5) is 5.69 Å². The number of benzene rings is 3. The molecule has 5 nitrogen and oxygen atoms in total. The Morgan fingerprint density at radius 2 is 1.54 bits per heavy atom. The lowest BCUT2D eigenvalue weighted by Gasteiger charge is -2.19. The summed E-state index contributed by atoms with van der Waals surface area (Å²) in [5.74, 6) is -0.467. The van der Waals surface area contributed by atoms with Gasteiger partial charge in [-0.05, 0) is 42.3 Å². The molecule has 0 unspecified atom stereocenters. The fourth-order valence-electron chi connectivity index (χ4n) is 2.69. The predicted octanol–water partition coefficient (Wildman–Crippen LogP) is 3.87. The Labute approximate surface area is 169 Å². The standard InChI is InChI=1S/C21H19ClN2O3S/c22-17-10-7-11-18(15-17)23-21(25)20(14-16-8-3-1-4-9-16)24-28(26,27)19-12-5-2-6-13-19/h1-13,15,20,24H,14H2,(H,23,25)/t20-/m1/s1. The van der Waals surface area contributed by atoms with Crippen molar-refractivity contribution in [2.75, 3.05) is 5.32 Å². The van der Waals surface area contributed by atoms with E-state index >= 15 is 0 Å². The smallest absolute Gasteiger partial charge is 0.242 e. The van der Waals surface area contributed by atoms with Gasteiger partial charge in [-0.15, -0.1) is 0 Å². The molecule has 0 aliphatic heterocycles. The van der Waals surface area contributed by atoms with Crippen LogP contribution in [0, 0.1) is 0 Å². The molecule has 0 saturated heterocycles. The van der Waals surface area contributed by atoms with Crippen molar-refractivity contribution in [1.82, 2.24) is 4.72 Å². The van der Waals surface area contributed by atoms with Gasteiger partial charge in [-0.3, -0.25) is 4.79 Å². The highest BCUT2D eigenvalue weighted by Gasteiger charge is 2.26. The van der Waals surface area contributed by atoms with E-state index in [2.05, 4.69) is 10.0 Å². The Kier molecular flexibility index (Phi) is 6.46. The molecule has 28 heavy (non-hydrogen) atoms. The number of halogens is 1. The fraction of sp³-hybridized carbons (Fsp3) is 0.0952. The molecule has 0 fully saturated rings. The van der Waals surface area contributed by atoms with Gasteiger partial charge in [0.05, 0.1) is 4.90 Å². The maximum absolute atomic E-state index is 12.9. The lowest BCUT2D eigenvalue weighted by molar-refractivity contribution is -0.117. The van der Waals surface area contributed by atoms with E-state index in [4.69, 9.17) is 11.6 Å². The molecule has 0 saturated carbocycles. The molecule has 2 N–H and O–H groups in total. The zero-order valence-electron chi connectivity index (χ0n) is 14.9. The van der Waals surface area contributed by atoms with E-state index in [1.165, 1.54) is 12.1 Å². The summed E-state index contributed by atoms with van der Waals surface area (Å²) in [6, 6.07) is 22.9. The van der Waals surface area contributed by atoms with Gasteiger partial charge in [-0.1, -0.05) is 66.2 Å². The molecule has 0 heterocycles. The van der Waals surface area contributed by atoms with Gasteiger partial charge >= 0.3 is 0 Å². The molecular formula is C21H19ClN2O3S. The van der Waals surface area contributed by atoms with Crippen molar-refractivity contribution in [2.45, 2.75) is 17.4 Å². The second-order valence-corrected chi connectivity index (χ2v) is 8.33. The molecule has 7 heteroatoms. The van der Waals surface area contributed by atoms with Crippen molar-refractivity contribution in [2.24, 2.45) is 0 Å². The number of anilines is 1. The van der Waals surface area contributed by atoms with E-state index in [1.54, 1.807) is 42.5 Å². The van der Waals surface area contributed by atoms with Gasteiger partial charge < -0.3 is 5.32 Å². The van der Waals surface area contributed by atoms with Crippen LogP contribution in [0.2, 0.25) is 5.02 Å². The van der Waals surface area contributed by atoms with Crippen LogP contribution in [0.3, 0.4) is 0 Å². The molecule has 3 rings (SSSR count). The Morgan fingerprint density at radius 1 is 0.893 bits per heavy atom.